The Hall–Kier alpha value is -1.92. The van der Waals surface area contributed by atoms with Crippen molar-refractivity contribution in [2.24, 2.45) is 11.0 Å². The minimum Gasteiger partial charge on any atom is -0.341 e. The van der Waals surface area contributed by atoms with Gasteiger partial charge in [0.1, 0.15) is 5.71 Å². The number of nitrogens with one attached hydrogen (secondary N) is 1. The van der Waals surface area contributed by atoms with E-state index in [0.29, 0.717) is 57.1 Å². The highest BCUT2D eigenvalue weighted by molar-refractivity contribution is 6.39. The van der Waals surface area contributed by atoms with Gasteiger partial charge in [-0.3, -0.25) is 14.4 Å². The van der Waals surface area contributed by atoms with Crippen molar-refractivity contribution < 1.29 is 14.4 Å². The van der Waals surface area contributed by atoms with Crippen LogP contribution < -0.4 is 5.43 Å². The molecule has 1 N–H and O–H groups in total. The van der Waals surface area contributed by atoms with Crippen molar-refractivity contribution in [2.75, 3.05) is 26.2 Å². The molecule has 122 valence electrons. The first-order valence-corrected chi connectivity index (χ1v) is 7.90. The molecule has 0 aliphatic carbocycles. The Balaban J connectivity index is 1.91. The van der Waals surface area contributed by atoms with Gasteiger partial charge in [0.25, 0.3) is 5.91 Å². The van der Waals surface area contributed by atoms with Crippen LogP contribution in [-0.2, 0) is 14.4 Å². The second-order valence-electron chi connectivity index (χ2n) is 6.22. The monoisotopic (exact) mass is 308 g/mol. The number of amides is 3. The zero-order valence-electron chi connectivity index (χ0n) is 13.3. The third-order valence-corrected chi connectivity index (χ3v) is 3.87. The van der Waals surface area contributed by atoms with Crippen molar-refractivity contribution in [3.8, 4) is 0 Å². The Morgan fingerprint density at radius 1 is 1.14 bits per heavy atom. The first-order valence-electron chi connectivity index (χ1n) is 7.90. The lowest BCUT2D eigenvalue weighted by molar-refractivity contribution is -0.132. The molecule has 3 amide bonds. The van der Waals surface area contributed by atoms with Gasteiger partial charge in [0.2, 0.25) is 11.8 Å². The summed E-state index contributed by atoms with van der Waals surface area (Å²) in [6.45, 7) is 6.46. The van der Waals surface area contributed by atoms with E-state index in [-0.39, 0.29) is 17.7 Å². The van der Waals surface area contributed by atoms with E-state index in [0.717, 1.165) is 6.42 Å². The average Bonchev–Trinajstić information content (AvgIpc) is 2.72. The summed E-state index contributed by atoms with van der Waals surface area (Å²) in [5, 5.41) is 3.86. The lowest BCUT2D eigenvalue weighted by atomic mass is 10.1. The third-order valence-electron chi connectivity index (χ3n) is 3.87. The number of nitrogens with zero attached hydrogens (tertiary/aromatic N) is 3. The van der Waals surface area contributed by atoms with Crippen LogP contribution in [0.3, 0.4) is 0 Å². The number of rotatable bonds is 3. The summed E-state index contributed by atoms with van der Waals surface area (Å²) in [5.41, 5.74) is 2.76. The van der Waals surface area contributed by atoms with Crippen molar-refractivity contribution in [3.63, 3.8) is 0 Å². The standard InChI is InChI=1S/C15H24N4O3/c1-11(2)10-14(21)18-6-3-7-19(9-8-18)15(22)12-4-5-13(20)17-16-12/h11H,3-10H2,1-2H3,(H,17,20). The summed E-state index contributed by atoms with van der Waals surface area (Å²) < 4.78 is 0. The van der Waals surface area contributed by atoms with Crippen molar-refractivity contribution in [2.45, 2.75) is 39.5 Å². The molecule has 0 radical (unpaired) electrons. The first kappa shape index (κ1) is 16.5. The van der Waals surface area contributed by atoms with Crippen LogP contribution in [0.2, 0.25) is 0 Å². The predicted molar refractivity (Wildman–Crippen MR) is 82.0 cm³/mol. The maximum atomic E-state index is 12.4. The van der Waals surface area contributed by atoms with E-state index in [1.807, 2.05) is 18.7 Å². The Kier molecular flexibility index (Phi) is 5.51. The van der Waals surface area contributed by atoms with Gasteiger partial charge in [-0.25, -0.2) is 5.43 Å². The van der Waals surface area contributed by atoms with Crippen LogP contribution in [-0.4, -0.2) is 59.4 Å². The molecule has 1 fully saturated rings. The molecule has 0 unspecified atom stereocenters. The summed E-state index contributed by atoms with van der Waals surface area (Å²) in [5.74, 6) is 0.219. The average molecular weight is 308 g/mol. The maximum absolute atomic E-state index is 12.4. The Morgan fingerprint density at radius 2 is 1.82 bits per heavy atom. The van der Waals surface area contributed by atoms with Crippen molar-refractivity contribution in [1.29, 1.82) is 0 Å². The van der Waals surface area contributed by atoms with Gasteiger partial charge in [-0.1, -0.05) is 13.8 Å². The molecule has 1 saturated heterocycles. The highest BCUT2D eigenvalue weighted by Gasteiger charge is 2.26. The molecule has 7 nitrogen and oxygen atoms in total. The van der Waals surface area contributed by atoms with Gasteiger partial charge in [0.05, 0.1) is 0 Å². The largest absolute Gasteiger partial charge is 0.341 e. The minimum absolute atomic E-state index is 0.127. The second-order valence-corrected chi connectivity index (χ2v) is 6.22. The fourth-order valence-electron chi connectivity index (χ4n) is 2.66. The summed E-state index contributed by atoms with van der Waals surface area (Å²) in [6, 6.07) is 0. The molecule has 2 heterocycles. The molecule has 0 aromatic carbocycles. The molecule has 0 spiro atoms. The smallest absolute Gasteiger partial charge is 0.270 e. The Bertz CT molecular complexity index is 487. The maximum Gasteiger partial charge on any atom is 0.270 e. The SMILES string of the molecule is CC(C)CC(=O)N1CCCN(C(=O)C2=NNC(=O)CC2)CC1. The molecule has 2 aliphatic heterocycles. The van der Waals surface area contributed by atoms with E-state index in [1.54, 1.807) is 4.90 Å². The van der Waals surface area contributed by atoms with Crippen LogP contribution in [0.25, 0.3) is 0 Å². The number of carbonyl (C=O) groups excluding carboxylic acids is 3. The molecule has 0 saturated carbocycles. The highest BCUT2D eigenvalue weighted by Crippen LogP contribution is 2.11. The zero-order chi connectivity index (χ0) is 16.1. The van der Waals surface area contributed by atoms with E-state index < -0.39 is 0 Å². The molecule has 0 aromatic heterocycles. The van der Waals surface area contributed by atoms with Gasteiger partial charge in [0, 0.05) is 45.4 Å². The molecule has 0 atom stereocenters. The summed E-state index contributed by atoms with van der Waals surface area (Å²) in [6.07, 6.45) is 2.01. The molecular formula is C15H24N4O3. The Labute approximate surface area is 130 Å². The van der Waals surface area contributed by atoms with Crippen molar-refractivity contribution >= 4 is 23.4 Å². The molecule has 0 bridgehead atoms. The lowest BCUT2D eigenvalue weighted by Gasteiger charge is -2.23. The van der Waals surface area contributed by atoms with Crippen LogP contribution in [0, 0.1) is 5.92 Å². The number of hydrazone groups is 1. The van der Waals surface area contributed by atoms with Gasteiger partial charge in [-0.2, -0.15) is 5.10 Å². The fraction of sp³-hybridized carbons (Fsp3) is 0.733. The van der Waals surface area contributed by atoms with Crippen molar-refractivity contribution in [3.05, 3.63) is 0 Å². The number of carbonyl (C=O) groups is 3. The van der Waals surface area contributed by atoms with Gasteiger partial charge < -0.3 is 9.80 Å². The second kappa shape index (κ2) is 7.38. The normalized spacial score (nSPS) is 19.6. The minimum atomic E-state index is -0.155. The molecular weight excluding hydrogens is 284 g/mol. The molecule has 7 heteroatoms. The fourth-order valence-corrected chi connectivity index (χ4v) is 2.66. The predicted octanol–water partition coefficient (Wildman–Crippen LogP) is 0.359. The highest BCUT2D eigenvalue weighted by atomic mass is 16.2. The van der Waals surface area contributed by atoms with Gasteiger partial charge in [-0.05, 0) is 12.3 Å². The summed E-state index contributed by atoms with van der Waals surface area (Å²) in [4.78, 5) is 39.2. The van der Waals surface area contributed by atoms with Gasteiger partial charge in [0.15, 0.2) is 0 Å². The van der Waals surface area contributed by atoms with Crippen molar-refractivity contribution in [1.82, 2.24) is 15.2 Å². The Morgan fingerprint density at radius 3 is 2.45 bits per heavy atom. The molecule has 2 aliphatic rings. The topological polar surface area (TPSA) is 82.1 Å². The summed E-state index contributed by atoms with van der Waals surface area (Å²) >= 11 is 0. The quantitative estimate of drug-likeness (QED) is 0.817. The van der Waals surface area contributed by atoms with Crippen LogP contribution >= 0.6 is 0 Å². The van der Waals surface area contributed by atoms with E-state index in [2.05, 4.69) is 10.5 Å². The van der Waals surface area contributed by atoms with Crippen LogP contribution in [0.15, 0.2) is 5.10 Å². The first-order chi connectivity index (χ1) is 10.5. The molecule has 22 heavy (non-hydrogen) atoms. The van der Waals surface area contributed by atoms with Gasteiger partial charge >= 0.3 is 0 Å². The zero-order valence-corrected chi connectivity index (χ0v) is 13.3. The number of hydrogen-bond acceptors (Lipinski definition) is 4. The molecule has 0 aromatic rings. The van der Waals surface area contributed by atoms with E-state index >= 15 is 0 Å². The van der Waals surface area contributed by atoms with Crippen LogP contribution in [0.5, 0.6) is 0 Å². The van der Waals surface area contributed by atoms with Crippen LogP contribution in [0.1, 0.15) is 39.5 Å². The van der Waals surface area contributed by atoms with E-state index in [1.165, 1.54) is 0 Å². The summed E-state index contributed by atoms with van der Waals surface area (Å²) in [7, 11) is 0. The van der Waals surface area contributed by atoms with E-state index in [4.69, 9.17) is 0 Å². The van der Waals surface area contributed by atoms with Crippen LogP contribution in [0.4, 0.5) is 0 Å². The van der Waals surface area contributed by atoms with E-state index in [9.17, 15) is 14.4 Å². The number of hydrogen-bond donors (Lipinski definition) is 1. The molecule has 2 rings (SSSR count). The van der Waals surface area contributed by atoms with Gasteiger partial charge in [-0.15, -0.1) is 0 Å². The lowest BCUT2D eigenvalue weighted by Crippen LogP contribution is -2.42. The third kappa shape index (κ3) is 4.29.